The Morgan fingerprint density at radius 3 is 2.46 bits per heavy atom. The van der Waals surface area contributed by atoms with Gasteiger partial charge in [0.1, 0.15) is 5.82 Å². The molecule has 4 rings (SSSR count). The summed E-state index contributed by atoms with van der Waals surface area (Å²) in [5.74, 6) is 0.487. The van der Waals surface area contributed by atoms with E-state index in [-0.39, 0.29) is 11.9 Å². The summed E-state index contributed by atoms with van der Waals surface area (Å²) in [6, 6.07) is 24.2. The van der Waals surface area contributed by atoms with Gasteiger partial charge < -0.3 is 10.3 Å². The van der Waals surface area contributed by atoms with E-state index in [0.29, 0.717) is 17.0 Å². The molecule has 136 valence electrons. The number of nitrogens with zero attached hydrogens (tertiary/aromatic N) is 2. The lowest BCUT2D eigenvalue weighted by atomic mass is 9.95. The number of hydrogen-bond donors (Lipinski definition) is 2. The molecule has 4 aromatic rings. The molecule has 1 amide bonds. The van der Waals surface area contributed by atoms with Gasteiger partial charge in [-0.1, -0.05) is 48.5 Å². The first-order chi connectivity index (χ1) is 13.7. The van der Waals surface area contributed by atoms with Crippen LogP contribution in [0.1, 0.15) is 34.7 Å². The van der Waals surface area contributed by atoms with Crippen LogP contribution in [0.25, 0.3) is 22.2 Å². The first kappa shape index (κ1) is 17.5. The summed E-state index contributed by atoms with van der Waals surface area (Å²) in [5.41, 5.74) is 4.33. The molecule has 1 atom stereocenters. The van der Waals surface area contributed by atoms with E-state index in [1.54, 1.807) is 12.1 Å². The fourth-order valence-corrected chi connectivity index (χ4v) is 3.25. The van der Waals surface area contributed by atoms with Gasteiger partial charge in [-0.15, -0.1) is 0 Å². The summed E-state index contributed by atoms with van der Waals surface area (Å²) in [7, 11) is 0. The summed E-state index contributed by atoms with van der Waals surface area (Å²) in [6.45, 7) is 1.89. The Labute approximate surface area is 162 Å². The molecule has 1 aromatic heterocycles. The van der Waals surface area contributed by atoms with Crippen LogP contribution in [0.2, 0.25) is 0 Å². The molecule has 0 spiro atoms. The molecule has 3 aromatic carbocycles. The topological polar surface area (TPSA) is 81.6 Å². The van der Waals surface area contributed by atoms with Crippen LogP contribution in [-0.4, -0.2) is 15.9 Å². The summed E-state index contributed by atoms with van der Waals surface area (Å²) in [5, 5.41) is 12.4. The van der Waals surface area contributed by atoms with Crippen molar-refractivity contribution in [2.45, 2.75) is 13.0 Å². The van der Waals surface area contributed by atoms with Gasteiger partial charge in [0.15, 0.2) is 0 Å². The fraction of sp³-hybridized carbons (Fsp3) is 0.0870. The molecule has 28 heavy (non-hydrogen) atoms. The summed E-state index contributed by atoms with van der Waals surface area (Å²) >= 11 is 0. The number of carbonyl (C=O) groups is 1. The Kier molecular flexibility index (Phi) is 4.61. The van der Waals surface area contributed by atoms with Crippen LogP contribution in [0, 0.1) is 11.3 Å². The minimum atomic E-state index is -0.292. The summed E-state index contributed by atoms with van der Waals surface area (Å²) < 4.78 is 0. The number of imidazole rings is 1. The van der Waals surface area contributed by atoms with E-state index in [1.807, 2.05) is 67.6 Å². The van der Waals surface area contributed by atoms with Gasteiger partial charge >= 0.3 is 0 Å². The molecule has 0 saturated carbocycles. The molecule has 0 radical (unpaired) electrons. The van der Waals surface area contributed by atoms with Crippen LogP contribution in [0.15, 0.2) is 72.8 Å². The summed E-state index contributed by atoms with van der Waals surface area (Å²) in [6.07, 6.45) is 0. The number of hydrogen-bond acceptors (Lipinski definition) is 3. The molecule has 2 N–H and O–H groups in total. The van der Waals surface area contributed by atoms with Crippen molar-refractivity contribution >= 4 is 16.9 Å². The quantitative estimate of drug-likeness (QED) is 0.554. The maximum Gasteiger partial charge on any atom is 0.252 e. The molecular formula is C23H18N4O. The van der Waals surface area contributed by atoms with E-state index in [4.69, 9.17) is 0 Å². The van der Waals surface area contributed by atoms with Gasteiger partial charge in [-0.3, -0.25) is 4.79 Å². The minimum absolute atomic E-state index is 0.212. The first-order valence-corrected chi connectivity index (χ1v) is 9.01. The first-order valence-electron chi connectivity index (χ1n) is 9.01. The predicted molar refractivity (Wildman–Crippen MR) is 109 cm³/mol. The Hall–Kier alpha value is -3.91. The third-order valence-corrected chi connectivity index (χ3v) is 4.67. The number of aromatic nitrogens is 2. The van der Waals surface area contributed by atoms with Crippen molar-refractivity contribution in [1.29, 1.82) is 5.26 Å². The number of aromatic amines is 1. The summed E-state index contributed by atoms with van der Waals surface area (Å²) in [4.78, 5) is 20.8. The molecule has 5 nitrogen and oxygen atoms in total. The fourth-order valence-electron chi connectivity index (χ4n) is 3.25. The normalized spacial score (nSPS) is 11.7. The lowest BCUT2D eigenvalue weighted by molar-refractivity contribution is 0.0939. The van der Waals surface area contributed by atoms with Gasteiger partial charge in [0.05, 0.1) is 28.7 Å². The molecule has 5 heteroatoms. The van der Waals surface area contributed by atoms with Crippen molar-refractivity contribution in [3.63, 3.8) is 0 Å². The van der Waals surface area contributed by atoms with Crippen LogP contribution in [0.3, 0.4) is 0 Å². The highest BCUT2D eigenvalue weighted by atomic mass is 16.1. The zero-order valence-corrected chi connectivity index (χ0v) is 15.3. The van der Waals surface area contributed by atoms with E-state index in [1.165, 1.54) is 0 Å². The molecule has 1 unspecified atom stereocenters. The number of amides is 1. The molecule has 0 aliphatic rings. The molecule has 0 fully saturated rings. The number of rotatable bonds is 4. The zero-order valence-electron chi connectivity index (χ0n) is 15.3. The van der Waals surface area contributed by atoms with Crippen LogP contribution in [-0.2, 0) is 0 Å². The highest BCUT2D eigenvalue weighted by Crippen LogP contribution is 2.27. The minimum Gasteiger partial charge on any atom is -0.342 e. The van der Waals surface area contributed by atoms with E-state index in [2.05, 4.69) is 21.4 Å². The average Bonchev–Trinajstić information content (AvgIpc) is 3.18. The largest absolute Gasteiger partial charge is 0.342 e. The van der Waals surface area contributed by atoms with Crippen molar-refractivity contribution in [2.75, 3.05) is 0 Å². The van der Waals surface area contributed by atoms with Gasteiger partial charge in [0, 0.05) is 11.1 Å². The second-order valence-electron chi connectivity index (χ2n) is 6.54. The van der Waals surface area contributed by atoms with Crippen molar-refractivity contribution < 1.29 is 4.79 Å². The highest BCUT2D eigenvalue weighted by molar-refractivity contribution is 6.01. The van der Waals surface area contributed by atoms with Crippen molar-refractivity contribution in [1.82, 2.24) is 15.3 Å². The second kappa shape index (κ2) is 7.37. The second-order valence-corrected chi connectivity index (χ2v) is 6.54. The number of carbonyl (C=O) groups excluding carboxylic acids is 1. The third-order valence-electron chi connectivity index (χ3n) is 4.67. The smallest absolute Gasteiger partial charge is 0.252 e. The monoisotopic (exact) mass is 366 g/mol. The Morgan fingerprint density at radius 1 is 1.00 bits per heavy atom. The van der Waals surface area contributed by atoms with Crippen molar-refractivity contribution in [3.8, 4) is 17.2 Å². The van der Waals surface area contributed by atoms with Crippen LogP contribution in [0.5, 0.6) is 0 Å². The van der Waals surface area contributed by atoms with Gasteiger partial charge in [0.25, 0.3) is 5.91 Å². The van der Waals surface area contributed by atoms with Crippen molar-refractivity contribution in [3.05, 3.63) is 89.7 Å². The molecule has 1 heterocycles. The van der Waals surface area contributed by atoms with Crippen molar-refractivity contribution in [2.24, 2.45) is 0 Å². The van der Waals surface area contributed by atoms with Gasteiger partial charge in [0.2, 0.25) is 0 Å². The van der Waals surface area contributed by atoms with E-state index < -0.39 is 0 Å². The lowest BCUT2D eigenvalue weighted by Crippen LogP contribution is -2.27. The van der Waals surface area contributed by atoms with Crippen LogP contribution < -0.4 is 5.32 Å². The maximum atomic E-state index is 13.0. The maximum absolute atomic E-state index is 13.0. The average molecular weight is 366 g/mol. The Balaban J connectivity index is 1.65. The highest BCUT2D eigenvalue weighted by Gasteiger charge is 2.18. The van der Waals surface area contributed by atoms with Crippen LogP contribution in [0.4, 0.5) is 0 Å². The Morgan fingerprint density at radius 2 is 1.68 bits per heavy atom. The van der Waals surface area contributed by atoms with Gasteiger partial charge in [-0.2, -0.15) is 5.26 Å². The molecule has 0 aliphatic heterocycles. The number of nitrogens with one attached hydrogen (secondary N) is 2. The van der Waals surface area contributed by atoms with Crippen LogP contribution >= 0.6 is 0 Å². The predicted octanol–water partition coefficient (Wildman–Crippen LogP) is 4.59. The van der Waals surface area contributed by atoms with Gasteiger partial charge in [-0.25, -0.2) is 4.98 Å². The van der Waals surface area contributed by atoms with E-state index in [0.717, 1.165) is 22.2 Å². The number of fused-ring (bicyclic) bond motifs is 1. The molecular weight excluding hydrogens is 348 g/mol. The number of H-pyrrole nitrogens is 1. The standard InChI is InChI=1S/C23H18N4O/c1-15(22-26-20-12-6-7-13-21(20)27-22)25-23(28)19-11-5-4-10-18(19)17-9-3-2-8-16(17)14-24/h2-13,15H,1H3,(H,25,28)(H,26,27). The Bertz CT molecular complexity index is 1170. The van der Waals surface area contributed by atoms with Gasteiger partial charge in [-0.05, 0) is 36.8 Å². The SMILES string of the molecule is CC(NC(=O)c1ccccc1-c1ccccc1C#N)c1nc2ccccc2[nH]1. The molecule has 0 aliphatic carbocycles. The van der Waals surface area contributed by atoms with E-state index >= 15 is 0 Å². The third kappa shape index (κ3) is 3.24. The number of para-hydroxylation sites is 2. The lowest BCUT2D eigenvalue weighted by Gasteiger charge is -2.15. The number of benzene rings is 3. The molecule has 0 bridgehead atoms. The van der Waals surface area contributed by atoms with E-state index in [9.17, 15) is 10.1 Å². The zero-order chi connectivity index (χ0) is 19.5. The number of nitriles is 1. The molecule has 0 saturated heterocycles.